The van der Waals surface area contributed by atoms with Gasteiger partial charge < -0.3 is 10.1 Å². The van der Waals surface area contributed by atoms with Crippen LogP contribution in [0.4, 0.5) is 0 Å². The minimum atomic E-state index is 0.0332. The van der Waals surface area contributed by atoms with Crippen LogP contribution in [-0.2, 0) is 11.2 Å². The molecule has 0 spiro atoms. The van der Waals surface area contributed by atoms with Gasteiger partial charge in [-0.2, -0.15) is 0 Å². The molecule has 112 valence electrons. The summed E-state index contributed by atoms with van der Waals surface area (Å²) in [6.07, 6.45) is 7.39. The molecular formula is C18H29NO. The quantitative estimate of drug-likeness (QED) is 0.851. The molecule has 1 aromatic carbocycles. The van der Waals surface area contributed by atoms with E-state index >= 15 is 0 Å². The standard InChI is InChI=1S/C18H29NO/c1-4-20-18(11-6-5-7-12-18)17(19-3)14-16-10-8-9-15(2)13-16/h8-10,13,17,19H,4-7,11-12,14H2,1-3H3. The van der Waals surface area contributed by atoms with E-state index in [1.165, 1.54) is 43.2 Å². The van der Waals surface area contributed by atoms with Gasteiger partial charge in [-0.25, -0.2) is 0 Å². The van der Waals surface area contributed by atoms with Gasteiger partial charge in [-0.05, 0) is 45.7 Å². The van der Waals surface area contributed by atoms with Gasteiger partial charge in [-0.3, -0.25) is 0 Å². The lowest BCUT2D eigenvalue weighted by atomic mass is 9.77. The highest BCUT2D eigenvalue weighted by molar-refractivity contribution is 5.23. The molecule has 1 atom stereocenters. The predicted molar refractivity (Wildman–Crippen MR) is 85.2 cm³/mol. The number of hydrogen-bond acceptors (Lipinski definition) is 2. The van der Waals surface area contributed by atoms with Crippen molar-refractivity contribution >= 4 is 0 Å². The number of rotatable bonds is 6. The molecule has 0 radical (unpaired) electrons. The second-order valence-electron chi connectivity index (χ2n) is 6.09. The minimum absolute atomic E-state index is 0.0332. The minimum Gasteiger partial charge on any atom is -0.374 e. The first kappa shape index (κ1) is 15.5. The lowest BCUT2D eigenvalue weighted by Crippen LogP contribution is -2.53. The van der Waals surface area contributed by atoms with E-state index in [2.05, 4.69) is 50.5 Å². The Kier molecular flexibility index (Phi) is 5.62. The summed E-state index contributed by atoms with van der Waals surface area (Å²) >= 11 is 0. The normalized spacial score (nSPS) is 19.8. The Labute approximate surface area is 123 Å². The SMILES string of the molecule is CCOC1(C(Cc2cccc(C)c2)NC)CCCCC1. The fraction of sp³-hybridized carbons (Fsp3) is 0.667. The third-order valence-electron chi connectivity index (χ3n) is 4.64. The molecule has 1 aliphatic rings. The maximum Gasteiger partial charge on any atom is 0.0837 e. The molecule has 1 aliphatic carbocycles. The maximum atomic E-state index is 6.26. The molecule has 1 N–H and O–H groups in total. The molecule has 0 aliphatic heterocycles. The number of nitrogens with one attached hydrogen (secondary N) is 1. The van der Waals surface area contributed by atoms with Crippen molar-refractivity contribution in [1.82, 2.24) is 5.32 Å². The molecule has 0 aromatic heterocycles. The average Bonchev–Trinajstić information content (AvgIpc) is 2.46. The molecule has 1 saturated carbocycles. The molecule has 0 bridgehead atoms. The highest BCUT2D eigenvalue weighted by Gasteiger charge is 2.39. The highest BCUT2D eigenvalue weighted by Crippen LogP contribution is 2.35. The Morgan fingerprint density at radius 3 is 2.60 bits per heavy atom. The number of aryl methyl sites for hydroxylation is 1. The van der Waals surface area contributed by atoms with Gasteiger partial charge in [-0.1, -0.05) is 49.1 Å². The first-order valence-corrected chi connectivity index (χ1v) is 8.07. The summed E-state index contributed by atoms with van der Waals surface area (Å²) in [5.74, 6) is 0. The van der Waals surface area contributed by atoms with Crippen LogP contribution in [0.5, 0.6) is 0 Å². The van der Waals surface area contributed by atoms with Gasteiger partial charge in [-0.15, -0.1) is 0 Å². The van der Waals surface area contributed by atoms with Crippen LogP contribution in [0, 0.1) is 6.92 Å². The third kappa shape index (κ3) is 3.62. The van der Waals surface area contributed by atoms with Crippen molar-refractivity contribution in [2.45, 2.75) is 64.0 Å². The molecule has 1 unspecified atom stereocenters. The molecule has 1 fully saturated rings. The van der Waals surface area contributed by atoms with E-state index in [4.69, 9.17) is 4.74 Å². The van der Waals surface area contributed by atoms with Crippen LogP contribution in [0.15, 0.2) is 24.3 Å². The second kappa shape index (κ2) is 7.24. The van der Waals surface area contributed by atoms with E-state index in [9.17, 15) is 0 Å². The van der Waals surface area contributed by atoms with Crippen molar-refractivity contribution in [2.75, 3.05) is 13.7 Å². The fourth-order valence-corrected chi connectivity index (χ4v) is 3.66. The molecule has 2 heteroatoms. The van der Waals surface area contributed by atoms with E-state index in [0.29, 0.717) is 6.04 Å². The molecular weight excluding hydrogens is 246 g/mol. The lowest BCUT2D eigenvalue weighted by molar-refractivity contribution is -0.0883. The largest absolute Gasteiger partial charge is 0.374 e. The van der Waals surface area contributed by atoms with Crippen molar-refractivity contribution in [3.63, 3.8) is 0 Å². The molecule has 0 amide bonds. The zero-order chi connectivity index (χ0) is 14.4. The van der Waals surface area contributed by atoms with Crippen LogP contribution in [-0.4, -0.2) is 25.3 Å². The summed E-state index contributed by atoms with van der Waals surface area (Å²) in [7, 11) is 2.08. The number of benzene rings is 1. The monoisotopic (exact) mass is 275 g/mol. The van der Waals surface area contributed by atoms with Crippen LogP contribution in [0.25, 0.3) is 0 Å². The van der Waals surface area contributed by atoms with Gasteiger partial charge in [0.05, 0.1) is 5.60 Å². The van der Waals surface area contributed by atoms with E-state index in [-0.39, 0.29) is 5.60 Å². The van der Waals surface area contributed by atoms with Crippen LogP contribution in [0.2, 0.25) is 0 Å². The summed E-state index contributed by atoms with van der Waals surface area (Å²) in [4.78, 5) is 0. The molecule has 2 nitrogen and oxygen atoms in total. The molecule has 20 heavy (non-hydrogen) atoms. The summed E-state index contributed by atoms with van der Waals surface area (Å²) in [5.41, 5.74) is 2.78. The van der Waals surface area contributed by atoms with Gasteiger partial charge in [0.2, 0.25) is 0 Å². The summed E-state index contributed by atoms with van der Waals surface area (Å²) in [6.45, 7) is 5.10. The maximum absolute atomic E-state index is 6.26. The third-order valence-corrected chi connectivity index (χ3v) is 4.64. The summed E-state index contributed by atoms with van der Waals surface area (Å²) in [5, 5.41) is 3.54. The van der Waals surface area contributed by atoms with Crippen molar-refractivity contribution in [2.24, 2.45) is 0 Å². The zero-order valence-corrected chi connectivity index (χ0v) is 13.2. The smallest absolute Gasteiger partial charge is 0.0837 e. The Balaban J connectivity index is 2.15. The topological polar surface area (TPSA) is 21.3 Å². The van der Waals surface area contributed by atoms with Gasteiger partial charge in [0.15, 0.2) is 0 Å². The van der Waals surface area contributed by atoms with E-state index < -0.39 is 0 Å². The Bertz CT molecular complexity index is 404. The van der Waals surface area contributed by atoms with Gasteiger partial charge in [0.25, 0.3) is 0 Å². The Hall–Kier alpha value is -0.860. The van der Waals surface area contributed by atoms with Crippen LogP contribution >= 0.6 is 0 Å². The number of ether oxygens (including phenoxy) is 1. The fourth-order valence-electron chi connectivity index (χ4n) is 3.66. The van der Waals surface area contributed by atoms with E-state index in [1.54, 1.807) is 0 Å². The van der Waals surface area contributed by atoms with E-state index in [1.807, 2.05) is 0 Å². The Morgan fingerprint density at radius 2 is 2.00 bits per heavy atom. The van der Waals surface area contributed by atoms with Gasteiger partial charge >= 0.3 is 0 Å². The van der Waals surface area contributed by atoms with E-state index in [0.717, 1.165) is 13.0 Å². The van der Waals surface area contributed by atoms with Crippen molar-refractivity contribution in [3.8, 4) is 0 Å². The number of likely N-dealkylation sites (N-methyl/N-ethyl adjacent to an activating group) is 1. The predicted octanol–water partition coefficient (Wildman–Crippen LogP) is 3.86. The van der Waals surface area contributed by atoms with Crippen LogP contribution in [0.3, 0.4) is 0 Å². The average molecular weight is 275 g/mol. The van der Waals surface area contributed by atoms with Crippen molar-refractivity contribution in [1.29, 1.82) is 0 Å². The molecule has 1 aromatic rings. The first-order valence-electron chi connectivity index (χ1n) is 8.07. The van der Waals surface area contributed by atoms with Crippen LogP contribution in [0.1, 0.15) is 50.2 Å². The van der Waals surface area contributed by atoms with Crippen LogP contribution < -0.4 is 5.32 Å². The highest BCUT2D eigenvalue weighted by atomic mass is 16.5. The zero-order valence-electron chi connectivity index (χ0n) is 13.2. The first-order chi connectivity index (χ1) is 9.70. The number of hydrogen-bond donors (Lipinski definition) is 1. The molecule has 0 heterocycles. The van der Waals surface area contributed by atoms with Crippen molar-refractivity contribution in [3.05, 3.63) is 35.4 Å². The lowest BCUT2D eigenvalue weighted by Gasteiger charge is -2.43. The van der Waals surface area contributed by atoms with Gasteiger partial charge in [0.1, 0.15) is 0 Å². The van der Waals surface area contributed by atoms with Gasteiger partial charge in [0, 0.05) is 12.6 Å². The summed E-state index contributed by atoms with van der Waals surface area (Å²) in [6, 6.07) is 9.26. The molecule has 0 saturated heterocycles. The van der Waals surface area contributed by atoms with Crippen molar-refractivity contribution < 1.29 is 4.74 Å². The Morgan fingerprint density at radius 1 is 1.25 bits per heavy atom. The molecule has 2 rings (SSSR count). The second-order valence-corrected chi connectivity index (χ2v) is 6.09. The summed E-state index contributed by atoms with van der Waals surface area (Å²) < 4.78 is 6.26.